The van der Waals surface area contributed by atoms with Crippen LogP contribution >= 0.6 is 11.8 Å². The monoisotopic (exact) mass is 384 g/mol. The Labute approximate surface area is 161 Å². The van der Waals surface area contributed by atoms with Crippen LogP contribution in [0.2, 0.25) is 0 Å². The number of carbonyl (C=O) groups is 2. The second-order valence-corrected chi connectivity index (χ2v) is 7.01. The predicted molar refractivity (Wildman–Crippen MR) is 104 cm³/mol. The molecule has 0 unspecified atom stereocenters. The number of thioether (sulfide) groups is 1. The van der Waals surface area contributed by atoms with Crippen molar-refractivity contribution in [2.45, 2.75) is 24.9 Å². The molecule has 0 saturated carbocycles. The molecule has 0 atom stereocenters. The Bertz CT molecular complexity index is 934. The normalized spacial score (nSPS) is 10.7. The number of nitrogens with one attached hydrogen (secondary N) is 1. The highest BCUT2D eigenvalue weighted by molar-refractivity contribution is 7.99. The Morgan fingerprint density at radius 1 is 1.19 bits per heavy atom. The number of para-hydroxylation sites is 1. The second kappa shape index (κ2) is 8.68. The first-order valence-corrected chi connectivity index (χ1v) is 9.50. The highest BCUT2D eigenvalue weighted by Gasteiger charge is 2.13. The molecule has 140 valence electrons. The lowest BCUT2D eigenvalue weighted by Gasteiger charge is -2.08. The van der Waals surface area contributed by atoms with Gasteiger partial charge in [0.25, 0.3) is 0 Å². The van der Waals surface area contributed by atoms with Crippen molar-refractivity contribution < 1.29 is 14.0 Å². The van der Waals surface area contributed by atoms with Crippen molar-refractivity contribution >= 4 is 29.1 Å². The van der Waals surface area contributed by atoms with Gasteiger partial charge < -0.3 is 14.3 Å². The van der Waals surface area contributed by atoms with Crippen molar-refractivity contribution in [1.29, 1.82) is 0 Å². The third-order valence-corrected chi connectivity index (χ3v) is 5.04. The van der Waals surface area contributed by atoms with Gasteiger partial charge in [-0.05, 0) is 37.6 Å². The van der Waals surface area contributed by atoms with Crippen LogP contribution < -0.4 is 5.32 Å². The van der Waals surface area contributed by atoms with Crippen molar-refractivity contribution in [3.05, 3.63) is 48.2 Å². The summed E-state index contributed by atoms with van der Waals surface area (Å²) < 4.78 is 7.21. The highest BCUT2D eigenvalue weighted by atomic mass is 32.2. The molecule has 0 spiro atoms. The third-order valence-electron chi connectivity index (χ3n) is 3.94. The van der Waals surface area contributed by atoms with E-state index >= 15 is 0 Å². The lowest BCUT2D eigenvalue weighted by atomic mass is 10.1. The zero-order chi connectivity index (χ0) is 19.2. The van der Waals surface area contributed by atoms with Gasteiger partial charge in [0.15, 0.2) is 22.5 Å². The van der Waals surface area contributed by atoms with E-state index in [9.17, 15) is 9.59 Å². The molecule has 3 aromatic rings. The number of furan rings is 1. The molecule has 2 aromatic heterocycles. The lowest BCUT2D eigenvalue weighted by molar-refractivity contribution is -0.116. The molecule has 1 N–H and O–H groups in total. The van der Waals surface area contributed by atoms with Gasteiger partial charge >= 0.3 is 0 Å². The smallest absolute Gasteiger partial charge is 0.224 e. The van der Waals surface area contributed by atoms with Crippen molar-refractivity contribution in [2.24, 2.45) is 7.05 Å². The molecule has 0 bridgehead atoms. The third kappa shape index (κ3) is 4.65. The number of benzene rings is 1. The van der Waals surface area contributed by atoms with E-state index < -0.39 is 0 Å². The van der Waals surface area contributed by atoms with Gasteiger partial charge in [-0.2, -0.15) is 0 Å². The topological polar surface area (TPSA) is 90.0 Å². The zero-order valence-corrected chi connectivity index (χ0v) is 16.0. The number of aromatic nitrogens is 3. The van der Waals surface area contributed by atoms with E-state index in [1.807, 2.05) is 17.7 Å². The average Bonchev–Trinajstić information content (AvgIpc) is 3.29. The summed E-state index contributed by atoms with van der Waals surface area (Å²) in [5.41, 5.74) is 1.07. The SMILES string of the molecule is CC(=O)c1ccccc1NC(=O)CCCSc1nnc(-c2ccco2)n1C. The Hall–Kier alpha value is -2.87. The fraction of sp³-hybridized carbons (Fsp3) is 0.263. The first-order chi connectivity index (χ1) is 13.1. The highest BCUT2D eigenvalue weighted by Crippen LogP contribution is 2.23. The molecule has 2 heterocycles. The van der Waals surface area contributed by atoms with Crippen LogP contribution in [-0.2, 0) is 11.8 Å². The lowest BCUT2D eigenvalue weighted by Crippen LogP contribution is -2.14. The number of Topliss-reactive ketones (excluding diaryl/α,β-unsaturated/α-hetero) is 1. The second-order valence-electron chi connectivity index (χ2n) is 5.94. The molecular formula is C19H20N4O3S. The van der Waals surface area contributed by atoms with Crippen LogP contribution in [0, 0.1) is 0 Å². The van der Waals surface area contributed by atoms with E-state index in [2.05, 4.69) is 15.5 Å². The summed E-state index contributed by atoms with van der Waals surface area (Å²) in [5.74, 6) is 1.88. The number of amides is 1. The van der Waals surface area contributed by atoms with Crippen molar-refractivity contribution in [3.8, 4) is 11.6 Å². The van der Waals surface area contributed by atoms with Crippen LogP contribution in [0.15, 0.2) is 52.2 Å². The molecule has 27 heavy (non-hydrogen) atoms. The van der Waals surface area contributed by atoms with Crippen molar-refractivity contribution in [2.75, 3.05) is 11.1 Å². The summed E-state index contributed by atoms with van der Waals surface area (Å²) in [6.07, 6.45) is 2.64. The van der Waals surface area contributed by atoms with E-state index in [0.29, 0.717) is 35.7 Å². The molecule has 0 fully saturated rings. The van der Waals surface area contributed by atoms with E-state index in [1.54, 1.807) is 36.6 Å². The van der Waals surface area contributed by atoms with Crippen LogP contribution in [0.5, 0.6) is 0 Å². The maximum Gasteiger partial charge on any atom is 0.224 e. The van der Waals surface area contributed by atoms with Crippen molar-refractivity contribution in [3.63, 3.8) is 0 Å². The summed E-state index contributed by atoms with van der Waals surface area (Å²) in [5, 5.41) is 11.9. The van der Waals surface area contributed by atoms with Gasteiger partial charge in [-0.3, -0.25) is 9.59 Å². The standard InChI is InChI=1S/C19H20N4O3S/c1-13(24)14-7-3-4-8-15(14)20-17(25)10-6-12-27-19-22-21-18(23(19)2)16-9-5-11-26-16/h3-5,7-9,11H,6,10,12H2,1-2H3,(H,20,25). The summed E-state index contributed by atoms with van der Waals surface area (Å²) in [4.78, 5) is 23.8. The Morgan fingerprint density at radius 2 is 2.00 bits per heavy atom. The molecule has 3 rings (SSSR count). The molecular weight excluding hydrogens is 364 g/mol. The average molecular weight is 384 g/mol. The van der Waals surface area contributed by atoms with E-state index in [4.69, 9.17) is 4.42 Å². The van der Waals surface area contributed by atoms with Crippen LogP contribution in [-0.4, -0.2) is 32.2 Å². The summed E-state index contributed by atoms with van der Waals surface area (Å²) >= 11 is 1.54. The van der Waals surface area contributed by atoms with Crippen molar-refractivity contribution in [1.82, 2.24) is 14.8 Å². The van der Waals surface area contributed by atoms with Crippen LogP contribution in [0.3, 0.4) is 0 Å². The first-order valence-electron chi connectivity index (χ1n) is 8.52. The number of rotatable bonds is 8. The van der Waals surface area contributed by atoms with Crippen LogP contribution in [0.1, 0.15) is 30.1 Å². The van der Waals surface area contributed by atoms with Gasteiger partial charge in [0.2, 0.25) is 5.91 Å². The molecule has 1 amide bonds. The Morgan fingerprint density at radius 3 is 2.74 bits per heavy atom. The number of hydrogen-bond acceptors (Lipinski definition) is 6. The Kier molecular flexibility index (Phi) is 6.08. The molecule has 0 saturated heterocycles. The maximum atomic E-state index is 12.1. The number of hydrogen-bond donors (Lipinski definition) is 1. The number of anilines is 1. The number of nitrogens with zero attached hydrogens (tertiary/aromatic N) is 3. The minimum atomic E-state index is -0.112. The van der Waals surface area contributed by atoms with Crippen LogP contribution in [0.25, 0.3) is 11.6 Å². The summed E-state index contributed by atoms with van der Waals surface area (Å²) in [6.45, 7) is 1.49. The zero-order valence-electron chi connectivity index (χ0n) is 15.1. The van der Waals surface area contributed by atoms with Gasteiger partial charge in [-0.1, -0.05) is 23.9 Å². The largest absolute Gasteiger partial charge is 0.461 e. The quantitative estimate of drug-likeness (QED) is 0.361. The first kappa shape index (κ1) is 18.9. The van der Waals surface area contributed by atoms with Gasteiger partial charge in [0, 0.05) is 24.8 Å². The fourth-order valence-corrected chi connectivity index (χ4v) is 3.42. The number of carbonyl (C=O) groups excluding carboxylic acids is 2. The molecule has 0 aliphatic rings. The molecule has 8 heteroatoms. The van der Waals surface area contributed by atoms with Gasteiger partial charge in [-0.25, -0.2) is 0 Å². The minimum absolute atomic E-state index is 0.0731. The predicted octanol–water partition coefficient (Wildman–Crippen LogP) is 3.79. The molecule has 0 aliphatic heterocycles. The van der Waals surface area contributed by atoms with Gasteiger partial charge in [0.05, 0.1) is 12.0 Å². The summed E-state index contributed by atoms with van der Waals surface area (Å²) in [6, 6.07) is 10.7. The molecule has 0 radical (unpaired) electrons. The molecule has 0 aliphatic carbocycles. The van der Waals surface area contributed by atoms with Gasteiger partial charge in [0.1, 0.15) is 0 Å². The van der Waals surface area contributed by atoms with E-state index in [0.717, 1.165) is 10.9 Å². The Balaban J connectivity index is 1.48. The molecule has 7 nitrogen and oxygen atoms in total. The molecule has 1 aromatic carbocycles. The summed E-state index contributed by atoms with van der Waals surface area (Å²) in [7, 11) is 1.88. The number of ketones is 1. The minimum Gasteiger partial charge on any atom is -0.461 e. The maximum absolute atomic E-state index is 12.1. The van der Waals surface area contributed by atoms with E-state index in [-0.39, 0.29) is 11.7 Å². The fourth-order valence-electron chi connectivity index (χ4n) is 2.57. The van der Waals surface area contributed by atoms with Gasteiger partial charge in [-0.15, -0.1) is 10.2 Å². The van der Waals surface area contributed by atoms with Crippen LogP contribution in [0.4, 0.5) is 5.69 Å². The van der Waals surface area contributed by atoms with E-state index in [1.165, 1.54) is 18.7 Å².